The summed E-state index contributed by atoms with van der Waals surface area (Å²) in [7, 11) is 0. The maximum atomic E-state index is 3.62. The molecule has 1 N–H and O–H groups in total. The third-order valence-electron chi connectivity index (χ3n) is 3.55. The van der Waals surface area contributed by atoms with Crippen LogP contribution in [0.5, 0.6) is 0 Å². The Balaban J connectivity index is 3.73. The Bertz CT molecular complexity index is 149. The Labute approximate surface area is 109 Å². The molecule has 0 aromatic heterocycles. The third kappa shape index (κ3) is 9.61. The second kappa shape index (κ2) is 11.0. The molecule has 0 spiro atoms. The monoisotopic (exact) mass is 242 g/mol. The molecule has 0 aliphatic heterocycles. The molecule has 2 heteroatoms. The molecule has 0 saturated heterocycles. The van der Waals surface area contributed by atoms with Gasteiger partial charge in [-0.25, -0.2) is 0 Å². The molecule has 0 aliphatic rings. The molecule has 104 valence electrons. The van der Waals surface area contributed by atoms with Crippen molar-refractivity contribution in [2.45, 2.75) is 66.3 Å². The van der Waals surface area contributed by atoms with Crippen molar-refractivity contribution >= 4 is 0 Å². The first-order valence-electron chi connectivity index (χ1n) is 7.57. The summed E-state index contributed by atoms with van der Waals surface area (Å²) in [5.74, 6) is 0.731. The van der Waals surface area contributed by atoms with Gasteiger partial charge in [0.2, 0.25) is 0 Å². The molecule has 0 fully saturated rings. The van der Waals surface area contributed by atoms with E-state index >= 15 is 0 Å². The topological polar surface area (TPSA) is 15.3 Å². The largest absolute Gasteiger partial charge is 0.313 e. The summed E-state index contributed by atoms with van der Waals surface area (Å²) in [6.45, 7) is 16.3. The molecule has 0 bridgehead atoms. The SMILES string of the molecule is CCCCN(CCCC)CCNC(C)C(C)C. The molecule has 0 saturated carbocycles. The van der Waals surface area contributed by atoms with E-state index in [1.54, 1.807) is 0 Å². The van der Waals surface area contributed by atoms with E-state index < -0.39 is 0 Å². The minimum absolute atomic E-state index is 0.634. The van der Waals surface area contributed by atoms with Crippen LogP contribution in [0, 0.1) is 5.92 Å². The Hall–Kier alpha value is -0.0800. The predicted molar refractivity (Wildman–Crippen MR) is 78.6 cm³/mol. The van der Waals surface area contributed by atoms with Crippen LogP contribution in [0.4, 0.5) is 0 Å². The van der Waals surface area contributed by atoms with Gasteiger partial charge in [-0.15, -0.1) is 0 Å². The lowest BCUT2D eigenvalue weighted by molar-refractivity contribution is 0.257. The van der Waals surface area contributed by atoms with Crippen molar-refractivity contribution in [3.8, 4) is 0 Å². The predicted octanol–water partition coefficient (Wildman–Crippen LogP) is 3.52. The van der Waals surface area contributed by atoms with E-state index in [2.05, 4.69) is 44.8 Å². The van der Waals surface area contributed by atoms with Crippen LogP contribution in [0.15, 0.2) is 0 Å². The first-order chi connectivity index (χ1) is 8.11. The highest BCUT2D eigenvalue weighted by molar-refractivity contribution is 4.66. The summed E-state index contributed by atoms with van der Waals surface area (Å²) in [5, 5.41) is 3.62. The van der Waals surface area contributed by atoms with E-state index in [4.69, 9.17) is 0 Å². The van der Waals surface area contributed by atoms with Gasteiger partial charge in [0.05, 0.1) is 0 Å². The normalized spacial score (nSPS) is 13.6. The van der Waals surface area contributed by atoms with Crippen molar-refractivity contribution in [2.75, 3.05) is 26.2 Å². The number of unbranched alkanes of at least 4 members (excludes halogenated alkanes) is 2. The molecule has 0 radical (unpaired) electrons. The van der Waals surface area contributed by atoms with Gasteiger partial charge in [-0.1, -0.05) is 40.5 Å². The summed E-state index contributed by atoms with van der Waals surface area (Å²) in [5.41, 5.74) is 0. The fourth-order valence-corrected chi connectivity index (χ4v) is 1.78. The van der Waals surface area contributed by atoms with Crippen molar-refractivity contribution in [3.05, 3.63) is 0 Å². The first kappa shape index (κ1) is 16.9. The summed E-state index contributed by atoms with van der Waals surface area (Å²) in [6.07, 6.45) is 5.28. The number of hydrogen-bond acceptors (Lipinski definition) is 2. The Morgan fingerprint density at radius 1 is 0.882 bits per heavy atom. The van der Waals surface area contributed by atoms with Gasteiger partial charge >= 0.3 is 0 Å². The zero-order valence-electron chi connectivity index (χ0n) is 12.8. The lowest BCUT2D eigenvalue weighted by atomic mass is 10.1. The number of hydrogen-bond donors (Lipinski definition) is 1. The van der Waals surface area contributed by atoms with Crippen molar-refractivity contribution in [1.29, 1.82) is 0 Å². The van der Waals surface area contributed by atoms with Crippen LogP contribution in [-0.4, -0.2) is 37.1 Å². The fraction of sp³-hybridized carbons (Fsp3) is 1.00. The Morgan fingerprint density at radius 3 is 1.82 bits per heavy atom. The highest BCUT2D eigenvalue weighted by atomic mass is 15.1. The van der Waals surface area contributed by atoms with Gasteiger partial charge in [0, 0.05) is 19.1 Å². The summed E-state index contributed by atoms with van der Waals surface area (Å²) in [4.78, 5) is 2.62. The molecule has 0 aromatic carbocycles. The summed E-state index contributed by atoms with van der Waals surface area (Å²) < 4.78 is 0. The highest BCUT2D eigenvalue weighted by Gasteiger charge is 2.07. The maximum absolute atomic E-state index is 3.62. The average Bonchev–Trinajstić information content (AvgIpc) is 2.31. The fourth-order valence-electron chi connectivity index (χ4n) is 1.78. The van der Waals surface area contributed by atoms with Gasteiger partial charge in [0.15, 0.2) is 0 Å². The van der Waals surface area contributed by atoms with E-state index in [1.807, 2.05) is 0 Å². The molecule has 0 amide bonds. The first-order valence-corrected chi connectivity index (χ1v) is 7.57. The molecule has 17 heavy (non-hydrogen) atoms. The van der Waals surface area contributed by atoms with Crippen LogP contribution in [0.2, 0.25) is 0 Å². The molecule has 2 nitrogen and oxygen atoms in total. The van der Waals surface area contributed by atoms with Crippen molar-refractivity contribution in [1.82, 2.24) is 10.2 Å². The van der Waals surface area contributed by atoms with Crippen molar-refractivity contribution in [2.24, 2.45) is 5.92 Å². The van der Waals surface area contributed by atoms with Crippen LogP contribution >= 0.6 is 0 Å². The van der Waals surface area contributed by atoms with E-state index in [0.29, 0.717) is 6.04 Å². The number of nitrogens with one attached hydrogen (secondary N) is 1. The third-order valence-corrected chi connectivity index (χ3v) is 3.55. The highest BCUT2D eigenvalue weighted by Crippen LogP contribution is 2.01. The summed E-state index contributed by atoms with van der Waals surface area (Å²) in [6, 6.07) is 0.634. The van der Waals surface area contributed by atoms with E-state index in [1.165, 1.54) is 45.3 Å². The molecule has 1 unspecified atom stereocenters. The second-order valence-electron chi connectivity index (χ2n) is 5.54. The van der Waals surface area contributed by atoms with Crippen LogP contribution in [0.25, 0.3) is 0 Å². The van der Waals surface area contributed by atoms with Gasteiger partial charge < -0.3 is 10.2 Å². The lowest BCUT2D eigenvalue weighted by Crippen LogP contribution is -2.38. The van der Waals surface area contributed by atoms with Crippen LogP contribution in [0.1, 0.15) is 60.3 Å². The number of rotatable bonds is 11. The molecular formula is C15H34N2. The number of nitrogens with zero attached hydrogens (tertiary/aromatic N) is 1. The molecule has 0 heterocycles. The average molecular weight is 242 g/mol. The minimum Gasteiger partial charge on any atom is -0.313 e. The van der Waals surface area contributed by atoms with Crippen LogP contribution in [0.3, 0.4) is 0 Å². The molecule has 0 aliphatic carbocycles. The van der Waals surface area contributed by atoms with Gasteiger partial charge in [-0.3, -0.25) is 0 Å². The molecular weight excluding hydrogens is 208 g/mol. The standard InChI is InChI=1S/C15H34N2/c1-6-8-11-17(12-9-7-2)13-10-16-15(5)14(3)4/h14-16H,6-13H2,1-5H3. The van der Waals surface area contributed by atoms with Crippen LogP contribution < -0.4 is 5.32 Å². The molecule has 0 aromatic rings. The zero-order chi connectivity index (χ0) is 13.1. The van der Waals surface area contributed by atoms with Gasteiger partial charge in [-0.05, 0) is 38.8 Å². The molecule has 0 rings (SSSR count). The van der Waals surface area contributed by atoms with Gasteiger partial charge in [0.1, 0.15) is 0 Å². The van der Waals surface area contributed by atoms with E-state index in [-0.39, 0.29) is 0 Å². The second-order valence-corrected chi connectivity index (χ2v) is 5.54. The Morgan fingerprint density at radius 2 is 1.41 bits per heavy atom. The minimum atomic E-state index is 0.634. The summed E-state index contributed by atoms with van der Waals surface area (Å²) >= 11 is 0. The molecule has 1 atom stereocenters. The van der Waals surface area contributed by atoms with Gasteiger partial charge in [0.25, 0.3) is 0 Å². The zero-order valence-corrected chi connectivity index (χ0v) is 12.8. The van der Waals surface area contributed by atoms with Crippen molar-refractivity contribution in [3.63, 3.8) is 0 Å². The van der Waals surface area contributed by atoms with E-state index in [0.717, 1.165) is 12.5 Å². The lowest BCUT2D eigenvalue weighted by Gasteiger charge is -2.24. The van der Waals surface area contributed by atoms with Crippen LogP contribution in [-0.2, 0) is 0 Å². The van der Waals surface area contributed by atoms with Gasteiger partial charge in [-0.2, -0.15) is 0 Å². The van der Waals surface area contributed by atoms with E-state index in [9.17, 15) is 0 Å². The maximum Gasteiger partial charge on any atom is 0.0107 e. The smallest absolute Gasteiger partial charge is 0.0107 e. The Kier molecular flexibility index (Phi) is 11.0. The van der Waals surface area contributed by atoms with Crippen molar-refractivity contribution < 1.29 is 0 Å². The quantitative estimate of drug-likeness (QED) is 0.596.